The fourth-order valence-electron chi connectivity index (χ4n) is 7.05. The van der Waals surface area contributed by atoms with Crippen LogP contribution in [-0.4, -0.2) is 89.6 Å². The smallest absolute Gasteiger partial charge is 0.200 e. The van der Waals surface area contributed by atoms with Gasteiger partial charge in [-0.05, 0) is 65.3 Å². The van der Waals surface area contributed by atoms with Gasteiger partial charge in [0.25, 0.3) is 0 Å². The maximum atomic E-state index is 13.0. The van der Waals surface area contributed by atoms with Crippen LogP contribution in [0, 0.1) is 29.1 Å². The Morgan fingerprint density at radius 2 is 0.750 bits per heavy atom. The van der Waals surface area contributed by atoms with Gasteiger partial charge in [-0.2, -0.15) is 0 Å². The van der Waals surface area contributed by atoms with Crippen molar-refractivity contribution < 1.29 is 50.4 Å². The third kappa shape index (κ3) is 24.9. The first-order valence-electron chi connectivity index (χ1n) is 25.5. The van der Waals surface area contributed by atoms with E-state index in [1.54, 1.807) is 40.5 Å². The monoisotopic (exact) mass is 1080 g/mol. The Hall–Kier alpha value is -4.57. The molecule has 0 saturated heterocycles. The van der Waals surface area contributed by atoms with Crippen molar-refractivity contribution in [3.05, 3.63) is 144 Å². The van der Waals surface area contributed by atoms with Crippen LogP contribution >= 0.6 is 0 Å². The molecular formula is C56H81F5O6Si5. The first-order chi connectivity index (χ1) is 34.9. The van der Waals surface area contributed by atoms with Gasteiger partial charge in [0, 0.05) is 28.9 Å². The van der Waals surface area contributed by atoms with Gasteiger partial charge in [0.1, 0.15) is 23.0 Å². The molecule has 0 aliphatic rings. The molecule has 0 amide bonds. The van der Waals surface area contributed by atoms with E-state index in [2.05, 4.69) is 119 Å². The molecule has 0 bridgehead atoms. The van der Waals surface area contributed by atoms with Crippen molar-refractivity contribution in [2.75, 3.05) is 42.0 Å². The summed E-state index contributed by atoms with van der Waals surface area (Å²) in [6.45, 7) is 11.4. The number of methoxy groups -OCH3 is 4. The summed E-state index contributed by atoms with van der Waals surface area (Å²) in [5, 5.41) is 6.55. The van der Waals surface area contributed by atoms with Crippen LogP contribution in [0.2, 0.25) is 30.2 Å². The lowest BCUT2D eigenvalue weighted by atomic mass is 10.1. The molecule has 16 heteroatoms. The van der Waals surface area contributed by atoms with Gasteiger partial charge >= 0.3 is 0 Å². The Kier molecular flexibility index (Phi) is 34.4. The van der Waals surface area contributed by atoms with Gasteiger partial charge in [0.15, 0.2) is 36.9 Å². The number of fused-ring (bicyclic) bond motifs is 1. The van der Waals surface area contributed by atoms with E-state index in [1.165, 1.54) is 82.6 Å². The third-order valence-corrected chi connectivity index (χ3v) is 22.0. The lowest BCUT2D eigenvalue weighted by Crippen LogP contribution is -2.27. The van der Waals surface area contributed by atoms with Crippen LogP contribution in [0.25, 0.3) is 10.8 Å². The molecule has 0 aliphatic carbocycles. The highest BCUT2D eigenvalue weighted by Gasteiger charge is 2.24. The largest absolute Gasteiger partial charge is 0.497 e. The minimum absolute atomic E-state index is 0.00937. The maximum Gasteiger partial charge on any atom is 0.200 e. The highest BCUT2D eigenvalue weighted by Crippen LogP contribution is 2.20. The Morgan fingerprint density at radius 1 is 0.375 bits per heavy atom. The van der Waals surface area contributed by atoms with Gasteiger partial charge in [-0.15, -0.1) is 0 Å². The van der Waals surface area contributed by atoms with E-state index in [-0.39, 0.29) is 38.1 Å². The van der Waals surface area contributed by atoms with Gasteiger partial charge in [0.2, 0.25) is 5.82 Å². The van der Waals surface area contributed by atoms with E-state index in [9.17, 15) is 22.0 Å². The molecule has 0 N–H and O–H groups in total. The Labute approximate surface area is 439 Å². The number of ether oxygens (including phenoxy) is 6. The molecule has 0 atom stereocenters. The molecule has 0 heterocycles. The molecule has 0 radical (unpaired) electrons. The molecule has 0 aliphatic heterocycles. The summed E-state index contributed by atoms with van der Waals surface area (Å²) in [5.41, 5.74) is 1.47. The SMILES string of the molecule is CCC[SiH2]Cc1ccc(OC)cc1.CCC[SiH2]c1c(F)c(F)c(F)c(F)c1F.CCC[SiH2]c1ccc(OC)cc1.CCC[SiH2]c1ccc(OCOC)cc1.CCC[SiH2]c1ccc2cc(OCOC)ccc2c1. The van der Waals surface area contributed by atoms with Crippen molar-refractivity contribution >= 4 is 79.1 Å². The fraction of sp³-hybridized carbons (Fsp3) is 0.393. The fourth-order valence-corrected chi connectivity index (χ4v) is 14.1. The zero-order chi connectivity index (χ0) is 52.9. The summed E-state index contributed by atoms with van der Waals surface area (Å²) < 4.78 is 94.7. The average molecular weight is 1090 g/mol. The van der Waals surface area contributed by atoms with Crippen molar-refractivity contribution in [2.45, 2.75) is 103 Å². The standard InChI is InChI=1S/C15H20O2Si.C11H18O2Si.C11H18OSi.C10H16OSi.C9H9F5Si/c1-3-8-18-15-7-5-12-9-14(17-11-16-2)6-4-13(12)10-15;1-3-8-14-11-6-4-10(5-7-11)13-9-12-2;1-3-8-13-9-10-4-6-11(12-2)7-5-10;1-3-8-12-10-6-4-9(11-2)5-7-10;1-2-3-15-9-7(13)5(11)4(10)6(12)8(9)14/h4-7,9-10H,3,8,11,18H2,1-2H3;4-7H,3,8-9,14H2,1-2H3;4-7H,3,8-9,13H2,1-2H3;4-7H,3,8,12H2,1-2H3;2-3,15H2,1H3. The van der Waals surface area contributed by atoms with Gasteiger partial charge in [-0.3, -0.25) is 0 Å². The Bertz CT molecular complexity index is 2240. The molecule has 6 rings (SSSR count). The summed E-state index contributed by atoms with van der Waals surface area (Å²) in [5.74, 6) is -5.41. The first kappa shape index (κ1) is 63.6. The molecule has 6 aromatic carbocycles. The van der Waals surface area contributed by atoms with Crippen LogP contribution in [0.4, 0.5) is 22.0 Å². The van der Waals surface area contributed by atoms with Crippen molar-refractivity contribution in [1.82, 2.24) is 0 Å². The van der Waals surface area contributed by atoms with E-state index in [1.807, 2.05) is 18.2 Å². The van der Waals surface area contributed by atoms with E-state index in [0.29, 0.717) is 26.1 Å². The van der Waals surface area contributed by atoms with E-state index >= 15 is 0 Å². The van der Waals surface area contributed by atoms with E-state index < -0.39 is 43.8 Å². The lowest BCUT2D eigenvalue weighted by molar-refractivity contribution is 0.0510. The third-order valence-electron chi connectivity index (χ3n) is 11.4. The number of hydrogen-bond donors (Lipinski definition) is 0. The van der Waals surface area contributed by atoms with Crippen LogP contribution in [0.5, 0.6) is 23.0 Å². The highest BCUT2D eigenvalue weighted by molar-refractivity contribution is 6.54. The summed E-state index contributed by atoms with van der Waals surface area (Å²) in [6.07, 6.45) is 5.94. The molecule has 6 nitrogen and oxygen atoms in total. The second-order valence-electron chi connectivity index (χ2n) is 17.2. The number of hydrogen-bond acceptors (Lipinski definition) is 6. The lowest BCUT2D eigenvalue weighted by Gasteiger charge is -2.07. The van der Waals surface area contributed by atoms with E-state index in [0.717, 1.165) is 23.0 Å². The van der Waals surface area contributed by atoms with Gasteiger partial charge in [-0.25, -0.2) is 22.0 Å². The van der Waals surface area contributed by atoms with Gasteiger partial charge < -0.3 is 28.4 Å². The predicted molar refractivity (Wildman–Crippen MR) is 308 cm³/mol. The molecular weight excluding hydrogens is 1000 g/mol. The zero-order valence-corrected chi connectivity index (χ0v) is 51.5. The first-order valence-corrected chi connectivity index (χ1v) is 34.4. The zero-order valence-electron chi connectivity index (χ0n) is 44.5. The normalized spacial score (nSPS) is 11.2. The topological polar surface area (TPSA) is 55.4 Å². The van der Waals surface area contributed by atoms with Crippen molar-refractivity contribution in [3.8, 4) is 23.0 Å². The molecule has 72 heavy (non-hydrogen) atoms. The van der Waals surface area contributed by atoms with Gasteiger partial charge in [-0.1, -0.05) is 179 Å². The van der Waals surface area contributed by atoms with Crippen LogP contribution in [0.3, 0.4) is 0 Å². The molecule has 6 aromatic rings. The predicted octanol–water partition coefficient (Wildman–Crippen LogP) is 9.25. The Morgan fingerprint density at radius 3 is 1.22 bits per heavy atom. The van der Waals surface area contributed by atoms with Crippen molar-refractivity contribution in [2.24, 2.45) is 0 Å². The second-order valence-corrected chi connectivity index (χ2v) is 27.1. The van der Waals surface area contributed by atoms with E-state index in [4.69, 9.17) is 28.4 Å². The van der Waals surface area contributed by atoms with Crippen LogP contribution in [0.1, 0.15) is 72.3 Å². The molecule has 0 spiro atoms. The van der Waals surface area contributed by atoms with Gasteiger partial charge in [0.05, 0.1) is 52.3 Å². The maximum absolute atomic E-state index is 13.0. The summed E-state index contributed by atoms with van der Waals surface area (Å²) in [4.78, 5) is 0. The van der Waals surface area contributed by atoms with Crippen molar-refractivity contribution in [3.63, 3.8) is 0 Å². The quantitative estimate of drug-likeness (QED) is 0.0151. The minimum Gasteiger partial charge on any atom is -0.497 e. The second kappa shape index (κ2) is 39.0. The highest BCUT2D eigenvalue weighted by atomic mass is 28.2. The molecule has 0 aromatic heterocycles. The Balaban J connectivity index is 0.000000311. The minimum atomic E-state index is -2.08. The molecule has 0 unspecified atom stereocenters. The summed E-state index contributed by atoms with van der Waals surface area (Å²) >= 11 is 0. The average Bonchev–Trinajstić information content (AvgIpc) is 3.42. The summed E-state index contributed by atoms with van der Waals surface area (Å²) in [7, 11) is 5.31. The molecule has 0 saturated carbocycles. The number of benzene rings is 6. The van der Waals surface area contributed by atoms with Crippen LogP contribution in [-0.2, 0) is 15.5 Å². The van der Waals surface area contributed by atoms with Crippen LogP contribution in [0.15, 0.2) is 109 Å². The number of halogens is 5. The number of rotatable bonds is 24. The van der Waals surface area contributed by atoms with Crippen LogP contribution < -0.4 is 39.7 Å². The molecule has 0 fully saturated rings. The molecule has 396 valence electrons. The summed E-state index contributed by atoms with van der Waals surface area (Å²) in [6, 6.07) is 45.9. The van der Waals surface area contributed by atoms with Crippen molar-refractivity contribution in [1.29, 1.82) is 0 Å².